The highest BCUT2D eigenvalue weighted by atomic mass is 35.5. The molecule has 10 heteroatoms. The van der Waals surface area contributed by atoms with E-state index in [1.807, 2.05) is 23.1 Å². The molecule has 1 aromatic carbocycles. The number of piperidine rings is 1. The lowest BCUT2D eigenvalue weighted by Gasteiger charge is -2.39. The summed E-state index contributed by atoms with van der Waals surface area (Å²) < 4.78 is 0. The van der Waals surface area contributed by atoms with Gasteiger partial charge in [0, 0.05) is 62.9 Å². The lowest BCUT2D eigenvalue weighted by Crippen LogP contribution is -2.52. The van der Waals surface area contributed by atoms with Gasteiger partial charge in [-0.25, -0.2) is 0 Å². The first-order chi connectivity index (χ1) is 15.6. The minimum Gasteiger partial charge on any atom is -0.368 e. The number of rotatable bonds is 4. The third kappa shape index (κ3) is 4.41. The number of piperazine rings is 1. The molecule has 32 heavy (non-hydrogen) atoms. The molecular weight excluding hydrogens is 448 g/mol. The Labute approximate surface area is 196 Å². The highest BCUT2D eigenvalue weighted by Gasteiger charge is 2.33. The molecular formula is C22H27ClN6O2S. The Morgan fingerprint density at radius 1 is 1.00 bits per heavy atom. The maximum Gasteiger partial charge on any atom is 0.228 e. The van der Waals surface area contributed by atoms with E-state index in [-0.39, 0.29) is 17.7 Å². The van der Waals surface area contributed by atoms with Crippen molar-refractivity contribution < 1.29 is 9.59 Å². The molecule has 0 saturated carbocycles. The lowest BCUT2D eigenvalue weighted by atomic mass is 9.96. The van der Waals surface area contributed by atoms with E-state index in [1.165, 1.54) is 11.3 Å². The van der Waals surface area contributed by atoms with Crippen LogP contribution in [0.5, 0.6) is 0 Å². The van der Waals surface area contributed by atoms with Crippen molar-refractivity contribution in [3.8, 4) is 0 Å². The maximum atomic E-state index is 13.3. The molecule has 2 amide bonds. The summed E-state index contributed by atoms with van der Waals surface area (Å²) in [6, 6.07) is 7.88. The van der Waals surface area contributed by atoms with Crippen molar-refractivity contribution in [2.75, 3.05) is 60.5 Å². The molecule has 0 N–H and O–H groups in total. The van der Waals surface area contributed by atoms with Gasteiger partial charge in [-0.1, -0.05) is 29.0 Å². The minimum atomic E-state index is -0.0257. The topological polar surface area (TPSA) is 72.9 Å². The number of amides is 2. The zero-order valence-electron chi connectivity index (χ0n) is 18.0. The van der Waals surface area contributed by atoms with Crippen LogP contribution in [-0.4, -0.2) is 72.7 Å². The highest BCUT2D eigenvalue weighted by Crippen LogP contribution is 2.32. The first kappa shape index (κ1) is 21.5. The Kier molecular flexibility index (Phi) is 6.19. The largest absolute Gasteiger partial charge is 0.368 e. The number of hydrogen-bond acceptors (Lipinski definition) is 7. The normalized spacial score (nSPS) is 22.0. The molecule has 0 aliphatic carbocycles. The summed E-state index contributed by atoms with van der Waals surface area (Å²) in [5, 5.41) is 10.8. The van der Waals surface area contributed by atoms with E-state index in [2.05, 4.69) is 26.1 Å². The number of halogens is 1. The number of carbonyl (C=O) groups is 2. The molecule has 170 valence electrons. The van der Waals surface area contributed by atoms with Gasteiger partial charge in [0.2, 0.25) is 22.1 Å². The van der Waals surface area contributed by atoms with Crippen LogP contribution in [0.1, 0.15) is 25.7 Å². The van der Waals surface area contributed by atoms with Gasteiger partial charge >= 0.3 is 0 Å². The molecule has 3 aliphatic rings. The molecule has 0 radical (unpaired) electrons. The average molecular weight is 475 g/mol. The number of anilines is 3. The molecule has 1 unspecified atom stereocenters. The quantitative estimate of drug-likeness (QED) is 0.678. The van der Waals surface area contributed by atoms with Crippen LogP contribution < -0.4 is 14.7 Å². The van der Waals surface area contributed by atoms with Crippen LogP contribution in [0.25, 0.3) is 0 Å². The van der Waals surface area contributed by atoms with Crippen molar-refractivity contribution in [3.63, 3.8) is 0 Å². The summed E-state index contributed by atoms with van der Waals surface area (Å²) >= 11 is 7.59. The zero-order chi connectivity index (χ0) is 22.1. The van der Waals surface area contributed by atoms with Crippen molar-refractivity contribution in [2.24, 2.45) is 5.92 Å². The van der Waals surface area contributed by atoms with Gasteiger partial charge in [0.25, 0.3) is 0 Å². The van der Waals surface area contributed by atoms with Gasteiger partial charge in [0.15, 0.2) is 0 Å². The summed E-state index contributed by atoms with van der Waals surface area (Å²) in [5.74, 6) is 0.332. The number of aromatic nitrogens is 2. The Balaban J connectivity index is 1.18. The van der Waals surface area contributed by atoms with Crippen LogP contribution in [-0.2, 0) is 9.59 Å². The molecule has 1 aromatic heterocycles. The number of nitrogens with zero attached hydrogens (tertiary/aromatic N) is 6. The van der Waals surface area contributed by atoms with Crippen LogP contribution in [0.4, 0.5) is 16.0 Å². The summed E-state index contributed by atoms with van der Waals surface area (Å²) in [6.45, 7) is 5.32. The van der Waals surface area contributed by atoms with Gasteiger partial charge in [-0.2, -0.15) is 0 Å². The molecule has 0 spiro atoms. The van der Waals surface area contributed by atoms with Crippen molar-refractivity contribution in [2.45, 2.75) is 25.7 Å². The lowest BCUT2D eigenvalue weighted by molar-refractivity contribution is -0.136. The van der Waals surface area contributed by atoms with Crippen LogP contribution in [0.2, 0.25) is 5.02 Å². The second-order valence-electron chi connectivity index (χ2n) is 8.59. The predicted molar refractivity (Wildman–Crippen MR) is 127 cm³/mol. The predicted octanol–water partition coefficient (Wildman–Crippen LogP) is 2.88. The standard InChI is InChI=1S/C22H27ClN6O2S/c23-17-5-1-6-18(14-17)26-10-12-27(13-11-26)20(31)16-4-2-8-28(15-16)21-24-25-22(32-21)29-9-3-7-19(29)30/h1,5-6,14,16H,2-4,7-13,15H2. The molecule has 8 nitrogen and oxygen atoms in total. The van der Waals surface area contributed by atoms with E-state index in [9.17, 15) is 9.59 Å². The van der Waals surface area contributed by atoms with Crippen LogP contribution in [0.3, 0.4) is 0 Å². The fourth-order valence-electron chi connectivity index (χ4n) is 4.76. The van der Waals surface area contributed by atoms with E-state index < -0.39 is 0 Å². The monoisotopic (exact) mass is 474 g/mol. The Hall–Kier alpha value is -2.39. The van der Waals surface area contributed by atoms with Crippen molar-refractivity contribution >= 4 is 50.7 Å². The van der Waals surface area contributed by atoms with Crippen LogP contribution in [0.15, 0.2) is 24.3 Å². The van der Waals surface area contributed by atoms with E-state index in [4.69, 9.17) is 11.6 Å². The van der Waals surface area contributed by atoms with E-state index >= 15 is 0 Å². The van der Waals surface area contributed by atoms with Crippen LogP contribution in [0, 0.1) is 5.92 Å². The summed E-state index contributed by atoms with van der Waals surface area (Å²) in [4.78, 5) is 33.4. The first-order valence-corrected chi connectivity index (χ1v) is 12.5. The van der Waals surface area contributed by atoms with Gasteiger partial charge in [0.1, 0.15) is 0 Å². The smallest absolute Gasteiger partial charge is 0.228 e. The fraction of sp³-hybridized carbons (Fsp3) is 0.545. The number of benzene rings is 1. The number of hydrogen-bond donors (Lipinski definition) is 0. The molecule has 4 heterocycles. The second-order valence-corrected chi connectivity index (χ2v) is 9.96. The first-order valence-electron chi connectivity index (χ1n) is 11.3. The Bertz CT molecular complexity index is 992. The third-order valence-corrected chi connectivity index (χ3v) is 7.76. The van der Waals surface area contributed by atoms with Gasteiger partial charge < -0.3 is 14.7 Å². The van der Waals surface area contributed by atoms with E-state index in [0.717, 1.165) is 74.4 Å². The van der Waals surface area contributed by atoms with Gasteiger partial charge in [-0.3, -0.25) is 14.5 Å². The summed E-state index contributed by atoms with van der Waals surface area (Å²) in [6.07, 6.45) is 3.31. The molecule has 0 bridgehead atoms. The molecule has 2 aromatic rings. The summed E-state index contributed by atoms with van der Waals surface area (Å²) in [5.41, 5.74) is 1.11. The summed E-state index contributed by atoms with van der Waals surface area (Å²) in [7, 11) is 0. The molecule has 3 aliphatic heterocycles. The number of carbonyl (C=O) groups excluding carboxylic acids is 2. The average Bonchev–Trinajstić information content (AvgIpc) is 3.48. The van der Waals surface area contributed by atoms with Gasteiger partial charge in [-0.05, 0) is 37.5 Å². The van der Waals surface area contributed by atoms with E-state index in [0.29, 0.717) is 18.1 Å². The maximum absolute atomic E-state index is 13.3. The minimum absolute atomic E-state index is 0.0257. The van der Waals surface area contributed by atoms with E-state index in [1.54, 1.807) is 4.90 Å². The second kappa shape index (κ2) is 9.23. The molecule has 5 rings (SSSR count). The fourth-order valence-corrected chi connectivity index (χ4v) is 5.87. The zero-order valence-corrected chi connectivity index (χ0v) is 19.5. The molecule has 3 saturated heterocycles. The van der Waals surface area contributed by atoms with Crippen LogP contribution >= 0.6 is 22.9 Å². The molecule has 3 fully saturated rings. The SMILES string of the molecule is O=C(C1CCCN(c2nnc(N3CCCC3=O)s2)C1)N1CCN(c2cccc(Cl)c2)CC1. The Morgan fingerprint density at radius 2 is 1.81 bits per heavy atom. The third-order valence-electron chi connectivity index (χ3n) is 6.51. The Morgan fingerprint density at radius 3 is 2.56 bits per heavy atom. The van der Waals surface area contributed by atoms with Gasteiger partial charge in [0.05, 0.1) is 5.92 Å². The van der Waals surface area contributed by atoms with Crippen molar-refractivity contribution in [1.29, 1.82) is 0 Å². The highest BCUT2D eigenvalue weighted by molar-refractivity contribution is 7.19. The van der Waals surface area contributed by atoms with Crippen molar-refractivity contribution in [3.05, 3.63) is 29.3 Å². The van der Waals surface area contributed by atoms with Gasteiger partial charge in [-0.15, -0.1) is 10.2 Å². The molecule has 1 atom stereocenters. The van der Waals surface area contributed by atoms with Crippen molar-refractivity contribution in [1.82, 2.24) is 15.1 Å².